The number of allylic oxidation sites excluding steroid dienone is 2. The number of sulfone groups is 1. The second-order valence-electron chi connectivity index (χ2n) is 9.19. The molecule has 1 aromatic carbocycles. The Morgan fingerprint density at radius 1 is 1.21 bits per heavy atom. The molecule has 0 spiro atoms. The molecule has 1 unspecified atom stereocenters. The van der Waals surface area contributed by atoms with E-state index in [2.05, 4.69) is 5.32 Å². The van der Waals surface area contributed by atoms with E-state index in [4.69, 9.17) is 15.2 Å². The summed E-state index contributed by atoms with van der Waals surface area (Å²) in [7, 11) is -3.39. The van der Waals surface area contributed by atoms with E-state index in [1.807, 2.05) is 13.8 Å². The van der Waals surface area contributed by atoms with Crippen LogP contribution in [0.1, 0.15) is 45.1 Å². The molecular formula is C24H32N2O6S. The third-order valence-corrected chi connectivity index (χ3v) is 6.90. The molecule has 9 heteroatoms. The van der Waals surface area contributed by atoms with Crippen molar-refractivity contribution in [3.8, 4) is 0 Å². The van der Waals surface area contributed by atoms with Gasteiger partial charge in [-0.3, -0.25) is 4.79 Å². The van der Waals surface area contributed by atoms with E-state index in [0.29, 0.717) is 48.4 Å². The molecule has 2 aliphatic rings. The number of benzene rings is 1. The summed E-state index contributed by atoms with van der Waals surface area (Å²) < 4.78 is 34.9. The minimum atomic E-state index is -3.39. The van der Waals surface area contributed by atoms with Gasteiger partial charge in [0.2, 0.25) is 0 Å². The van der Waals surface area contributed by atoms with Gasteiger partial charge in [-0.05, 0) is 36.5 Å². The van der Waals surface area contributed by atoms with Crippen LogP contribution in [0.3, 0.4) is 0 Å². The second-order valence-corrected chi connectivity index (χ2v) is 11.2. The van der Waals surface area contributed by atoms with E-state index in [9.17, 15) is 18.0 Å². The van der Waals surface area contributed by atoms with Crippen LogP contribution in [0.25, 0.3) is 0 Å². The molecule has 3 N–H and O–H groups in total. The predicted octanol–water partition coefficient (Wildman–Crippen LogP) is 2.21. The molecule has 1 aliphatic heterocycles. The Morgan fingerprint density at radius 3 is 2.45 bits per heavy atom. The van der Waals surface area contributed by atoms with E-state index in [-0.39, 0.29) is 29.3 Å². The lowest BCUT2D eigenvalue weighted by atomic mass is 9.68. The Kier molecular flexibility index (Phi) is 7.45. The summed E-state index contributed by atoms with van der Waals surface area (Å²) in [5.74, 6) is -1.28. The first-order valence-corrected chi connectivity index (χ1v) is 12.9. The number of hydrogen-bond donors (Lipinski definition) is 2. The smallest absolute Gasteiger partial charge is 0.336 e. The van der Waals surface area contributed by atoms with Gasteiger partial charge in [-0.25, -0.2) is 13.2 Å². The summed E-state index contributed by atoms with van der Waals surface area (Å²) >= 11 is 0. The highest BCUT2D eigenvalue weighted by atomic mass is 32.2. The van der Waals surface area contributed by atoms with Gasteiger partial charge in [0, 0.05) is 36.4 Å². The summed E-state index contributed by atoms with van der Waals surface area (Å²) in [6.45, 7) is 6.70. The maximum atomic E-state index is 13.3. The van der Waals surface area contributed by atoms with Crippen LogP contribution in [0.5, 0.6) is 0 Å². The molecule has 1 atom stereocenters. The van der Waals surface area contributed by atoms with Crippen molar-refractivity contribution in [3.63, 3.8) is 0 Å². The number of carbonyl (C=O) groups is 2. The molecule has 1 aromatic rings. The maximum absolute atomic E-state index is 13.3. The summed E-state index contributed by atoms with van der Waals surface area (Å²) in [5, 5.41) is 3.30. The lowest BCUT2D eigenvalue weighted by Crippen LogP contribution is -2.40. The fourth-order valence-electron chi connectivity index (χ4n) is 4.41. The number of rotatable bonds is 8. The van der Waals surface area contributed by atoms with Crippen molar-refractivity contribution in [3.05, 3.63) is 52.4 Å². The lowest BCUT2D eigenvalue weighted by molar-refractivity contribution is -0.139. The number of dihydropyridines is 1. The van der Waals surface area contributed by atoms with Gasteiger partial charge in [0.1, 0.15) is 0 Å². The van der Waals surface area contributed by atoms with E-state index >= 15 is 0 Å². The van der Waals surface area contributed by atoms with E-state index in [1.165, 1.54) is 12.1 Å². The molecule has 1 heterocycles. The standard InChI is InChI=1S/C24H32N2O6S/c1-5-32-23(28)22-18(14-31-11-10-25)26-17-12-24(2,3)13-19(27)21(17)20(22)15-6-8-16(9-7-15)33(4,29)30/h6-9,20,26H,5,10-14,25H2,1-4H3. The third-order valence-electron chi connectivity index (χ3n) is 5.77. The Morgan fingerprint density at radius 2 is 1.88 bits per heavy atom. The van der Waals surface area contributed by atoms with Crippen molar-refractivity contribution in [1.29, 1.82) is 0 Å². The number of hydrogen-bond acceptors (Lipinski definition) is 8. The van der Waals surface area contributed by atoms with Gasteiger partial charge in [0.05, 0.1) is 36.0 Å². The SMILES string of the molecule is CCOC(=O)C1=C(COCCN)NC2=C(C(=O)CC(C)(C)C2)C1c1ccc(S(C)(=O)=O)cc1. The van der Waals surface area contributed by atoms with E-state index in [1.54, 1.807) is 19.1 Å². The molecule has 0 saturated carbocycles. The summed E-state index contributed by atoms with van der Waals surface area (Å²) in [6.07, 6.45) is 2.11. The van der Waals surface area contributed by atoms with Crippen molar-refractivity contribution in [2.75, 3.05) is 32.6 Å². The van der Waals surface area contributed by atoms with Crippen molar-refractivity contribution in [2.45, 2.75) is 44.4 Å². The molecule has 33 heavy (non-hydrogen) atoms. The first-order chi connectivity index (χ1) is 15.5. The molecule has 0 radical (unpaired) electrons. The Balaban J connectivity index is 2.19. The predicted molar refractivity (Wildman–Crippen MR) is 124 cm³/mol. The van der Waals surface area contributed by atoms with Crippen LogP contribution < -0.4 is 11.1 Å². The number of esters is 1. The molecule has 8 nitrogen and oxygen atoms in total. The van der Waals surface area contributed by atoms with Gasteiger partial charge in [0.15, 0.2) is 15.6 Å². The van der Waals surface area contributed by atoms with Crippen LogP contribution in [0, 0.1) is 5.41 Å². The molecule has 1 aliphatic carbocycles. The van der Waals surface area contributed by atoms with Gasteiger partial charge in [0.25, 0.3) is 0 Å². The quantitative estimate of drug-likeness (QED) is 0.432. The molecule has 0 saturated heterocycles. The lowest BCUT2D eigenvalue weighted by Gasteiger charge is -2.40. The molecule has 180 valence electrons. The van der Waals surface area contributed by atoms with Gasteiger partial charge in [-0.2, -0.15) is 0 Å². The molecule has 0 aromatic heterocycles. The van der Waals surface area contributed by atoms with E-state index in [0.717, 1.165) is 12.0 Å². The number of ketones is 1. The number of carbonyl (C=O) groups excluding carboxylic acids is 2. The Bertz CT molecular complexity index is 1100. The minimum Gasteiger partial charge on any atom is -0.463 e. The normalized spacial score (nSPS) is 20.4. The highest BCUT2D eigenvalue weighted by Gasteiger charge is 2.43. The van der Waals surface area contributed by atoms with Crippen molar-refractivity contribution >= 4 is 21.6 Å². The fourth-order valence-corrected chi connectivity index (χ4v) is 5.04. The highest BCUT2D eigenvalue weighted by molar-refractivity contribution is 7.90. The van der Waals surface area contributed by atoms with Crippen LogP contribution in [0.15, 0.2) is 51.7 Å². The van der Waals surface area contributed by atoms with Crippen molar-refractivity contribution in [1.82, 2.24) is 5.32 Å². The third kappa shape index (κ3) is 5.54. The minimum absolute atomic E-state index is 0.0466. The van der Waals surface area contributed by atoms with Gasteiger partial charge in [-0.1, -0.05) is 26.0 Å². The molecule has 0 fully saturated rings. The van der Waals surface area contributed by atoms with Crippen LogP contribution in [-0.2, 0) is 28.9 Å². The van der Waals surface area contributed by atoms with E-state index < -0.39 is 21.7 Å². The fraction of sp³-hybridized carbons (Fsp3) is 0.500. The Labute approximate surface area is 195 Å². The summed E-state index contributed by atoms with van der Waals surface area (Å²) in [5.41, 5.74) is 8.07. The largest absolute Gasteiger partial charge is 0.463 e. The topological polar surface area (TPSA) is 125 Å². The number of nitrogens with two attached hydrogens (primary N) is 1. The monoisotopic (exact) mass is 476 g/mol. The number of nitrogens with one attached hydrogen (secondary N) is 1. The summed E-state index contributed by atoms with van der Waals surface area (Å²) in [6, 6.07) is 6.30. The molecule has 3 rings (SSSR count). The second kappa shape index (κ2) is 9.79. The molecule has 0 bridgehead atoms. The van der Waals surface area contributed by atoms with Gasteiger partial charge >= 0.3 is 5.97 Å². The summed E-state index contributed by atoms with van der Waals surface area (Å²) in [4.78, 5) is 26.6. The van der Waals surface area contributed by atoms with Crippen LogP contribution >= 0.6 is 0 Å². The average molecular weight is 477 g/mol. The van der Waals surface area contributed by atoms with Crippen LogP contribution in [0.4, 0.5) is 0 Å². The van der Waals surface area contributed by atoms with Crippen molar-refractivity contribution in [2.24, 2.45) is 11.1 Å². The van der Waals surface area contributed by atoms with Gasteiger partial charge < -0.3 is 20.5 Å². The first-order valence-electron chi connectivity index (χ1n) is 11.0. The number of Topliss-reactive ketones (excluding diaryl/α,β-unsaturated/α-hetero) is 1. The maximum Gasteiger partial charge on any atom is 0.336 e. The first kappa shape index (κ1) is 25.1. The number of ether oxygens (including phenoxy) is 2. The highest BCUT2D eigenvalue weighted by Crippen LogP contribution is 2.47. The zero-order chi connectivity index (χ0) is 24.4. The molecular weight excluding hydrogens is 444 g/mol. The van der Waals surface area contributed by atoms with Crippen molar-refractivity contribution < 1.29 is 27.5 Å². The molecule has 0 amide bonds. The zero-order valence-electron chi connectivity index (χ0n) is 19.6. The van der Waals surface area contributed by atoms with Crippen LogP contribution in [-0.4, -0.2) is 52.8 Å². The zero-order valence-corrected chi connectivity index (χ0v) is 20.4. The average Bonchev–Trinajstić information content (AvgIpc) is 2.71. The van der Waals surface area contributed by atoms with Gasteiger partial charge in [-0.15, -0.1) is 0 Å². The Hall–Kier alpha value is -2.49. The van der Waals surface area contributed by atoms with Crippen LogP contribution in [0.2, 0.25) is 0 Å².